The molecule has 0 aromatic carbocycles. The normalized spacial score (nSPS) is 9.17. The highest BCUT2D eigenvalue weighted by Crippen LogP contribution is 2.05. The molecule has 0 rings (SSSR count). The minimum Gasteiger partial charge on any atom is -0.412 e. The molecule has 74 valence electrons. The van der Waals surface area contributed by atoms with Crippen molar-refractivity contribution >= 4 is 5.78 Å². The molecule has 0 amide bonds. The van der Waals surface area contributed by atoms with Gasteiger partial charge in [-0.05, 0) is 6.42 Å². The molecule has 0 bridgehead atoms. The Labute approximate surface area is 75.7 Å². The van der Waals surface area contributed by atoms with Crippen LogP contribution in [0.2, 0.25) is 0 Å². The molecule has 0 aliphatic heterocycles. The molecule has 0 aliphatic rings. The molecule has 0 saturated heterocycles. The Bertz CT molecular complexity index is 100. The van der Waals surface area contributed by atoms with Crippen molar-refractivity contribution in [3.05, 3.63) is 0 Å². The summed E-state index contributed by atoms with van der Waals surface area (Å²) >= 11 is 0. The molecule has 0 heterocycles. The molecule has 0 spiro atoms. The van der Waals surface area contributed by atoms with Crippen molar-refractivity contribution < 1.29 is 10.3 Å². The van der Waals surface area contributed by atoms with Crippen LogP contribution in [-0.2, 0) is 4.79 Å². The second kappa shape index (κ2) is 10.6. The Kier molecular flexibility index (Phi) is 12.6. The lowest BCUT2D eigenvalue weighted by molar-refractivity contribution is -0.118. The fourth-order valence-electron chi connectivity index (χ4n) is 1.10. The van der Waals surface area contributed by atoms with Crippen LogP contribution in [0.5, 0.6) is 0 Å². The summed E-state index contributed by atoms with van der Waals surface area (Å²) in [5.41, 5.74) is 0. The van der Waals surface area contributed by atoms with Crippen LogP contribution in [0.4, 0.5) is 0 Å². The summed E-state index contributed by atoms with van der Waals surface area (Å²) < 4.78 is 0. The van der Waals surface area contributed by atoms with Crippen LogP contribution in [0.3, 0.4) is 0 Å². The number of unbranched alkanes of at least 4 members (excludes halogenated alkanes) is 4. The molecule has 0 fully saturated rings. The van der Waals surface area contributed by atoms with Gasteiger partial charge in [0.2, 0.25) is 0 Å². The van der Waals surface area contributed by atoms with Crippen LogP contribution >= 0.6 is 0 Å². The molecule has 0 atom stereocenters. The molecular weight excluding hydrogens is 152 g/mol. The van der Waals surface area contributed by atoms with Crippen LogP contribution in [0.15, 0.2) is 0 Å². The van der Waals surface area contributed by atoms with Crippen molar-refractivity contribution in [2.24, 2.45) is 0 Å². The summed E-state index contributed by atoms with van der Waals surface area (Å²) in [5, 5.41) is 0. The van der Waals surface area contributed by atoms with Crippen LogP contribution in [-0.4, -0.2) is 11.3 Å². The van der Waals surface area contributed by atoms with Crippen LogP contribution < -0.4 is 0 Å². The van der Waals surface area contributed by atoms with Gasteiger partial charge in [0.1, 0.15) is 5.78 Å². The fraction of sp³-hybridized carbons (Fsp3) is 0.900. The van der Waals surface area contributed by atoms with Gasteiger partial charge in [-0.15, -0.1) is 0 Å². The molecule has 0 aromatic heterocycles. The average Bonchev–Trinajstić information content (AvgIpc) is 2.04. The SMILES string of the molecule is CCCCCCCC(=O)CC.O. The molecule has 2 N–H and O–H groups in total. The molecule has 0 saturated carbocycles. The van der Waals surface area contributed by atoms with Crippen LogP contribution in [0.25, 0.3) is 0 Å². The fourth-order valence-corrected chi connectivity index (χ4v) is 1.10. The van der Waals surface area contributed by atoms with Gasteiger partial charge in [0.25, 0.3) is 0 Å². The topological polar surface area (TPSA) is 48.6 Å². The molecule has 2 nitrogen and oxygen atoms in total. The lowest BCUT2D eigenvalue weighted by atomic mass is 10.1. The minimum atomic E-state index is 0. The third-order valence-electron chi connectivity index (χ3n) is 1.95. The van der Waals surface area contributed by atoms with Crippen molar-refractivity contribution in [3.63, 3.8) is 0 Å². The van der Waals surface area contributed by atoms with Gasteiger partial charge in [-0.1, -0.05) is 39.5 Å². The number of Topliss-reactive ketones (excluding diaryl/α,β-unsaturated/α-hetero) is 1. The summed E-state index contributed by atoms with van der Waals surface area (Å²) in [6.07, 6.45) is 7.76. The summed E-state index contributed by atoms with van der Waals surface area (Å²) in [4.78, 5) is 10.8. The average molecular weight is 174 g/mol. The predicted molar refractivity (Wildman–Crippen MR) is 52.3 cm³/mol. The monoisotopic (exact) mass is 174 g/mol. The first-order chi connectivity index (χ1) is 5.31. The lowest BCUT2D eigenvalue weighted by Gasteiger charge is -1.97. The third kappa shape index (κ3) is 9.63. The van der Waals surface area contributed by atoms with Gasteiger partial charge in [0, 0.05) is 12.8 Å². The summed E-state index contributed by atoms with van der Waals surface area (Å²) in [5.74, 6) is 0.418. The Morgan fingerprint density at radius 2 is 1.58 bits per heavy atom. The number of ketones is 1. The van der Waals surface area contributed by atoms with Crippen molar-refractivity contribution in [1.82, 2.24) is 0 Å². The Balaban J connectivity index is 0. The molecule has 0 aromatic rings. The first-order valence-corrected chi connectivity index (χ1v) is 4.83. The van der Waals surface area contributed by atoms with Gasteiger partial charge < -0.3 is 5.48 Å². The highest BCUT2D eigenvalue weighted by atomic mass is 16.1. The van der Waals surface area contributed by atoms with E-state index in [1.54, 1.807) is 0 Å². The van der Waals surface area contributed by atoms with Crippen molar-refractivity contribution in [2.75, 3.05) is 0 Å². The van der Waals surface area contributed by atoms with Gasteiger partial charge in [0.15, 0.2) is 0 Å². The van der Waals surface area contributed by atoms with E-state index in [9.17, 15) is 4.79 Å². The third-order valence-corrected chi connectivity index (χ3v) is 1.95. The zero-order valence-electron chi connectivity index (χ0n) is 8.36. The van der Waals surface area contributed by atoms with E-state index < -0.39 is 0 Å². The zero-order valence-corrected chi connectivity index (χ0v) is 8.36. The second-order valence-electron chi connectivity index (χ2n) is 3.06. The quantitative estimate of drug-likeness (QED) is 0.547. The first-order valence-electron chi connectivity index (χ1n) is 4.83. The van der Waals surface area contributed by atoms with E-state index in [0.717, 1.165) is 12.8 Å². The van der Waals surface area contributed by atoms with Crippen molar-refractivity contribution in [1.29, 1.82) is 0 Å². The van der Waals surface area contributed by atoms with E-state index in [2.05, 4.69) is 6.92 Å². The van der Waals surface area contributed by atoms with E-state index in [4.69, 9.17) is 0 Å². The molecule has 0 aliphatic carbocycles. The second-order valence-corrected chi connectivity index (χ2v) is 3.06. The molecular formula is C10H22O2. The summed E-state index contributed by atoms with van der Waals surface area (Å²) in [6, 6.07) is 0. The number of hydrogen-bond donors (Lipinski definition) is 0. The predicted octanol–water partition coefficient (Wildman–Crippen LogP) is 2.50. The number of carbonyl (C=O) groups is 1. The standard InChI is InChI=1S/C10H20O.H2O/c1-3-5-6-7-8-9-10(11)4-2;/h3-9H2,1-2H3;1H2. The van der Waals surface area contributed by atoms with Gasteiger partial charge >= 0.3 is 0 Å². The maximum absolute atomic E-state index is 10.8. The van der Waals surface area contributed by atoms with Crippen LogP contribution in [0, 0.1) is 0 Å². The van der Waals surface area contributed by atoms with Gasteiger partial charge in [0.05, 0.1) is 0 Å². The van der Waals surface area contributed by atoms with Gasteiger partial charge in [-0.3, -0.25) is 4.79 Å². The number of rotatable bonds is 7. The van der Waals surface area contributed by atoms with E-state index in [-0.39, 0.29) is 5.48 Å². The van der Waals surface area contributed by atoms with E-state index in [1.165, 1.54) is 25.7 Å². The first kappa shape index (κ1) is 14.2. The van der Waals surface area contributed by atoms with Crippen LogP contribution in [0.1, 0.15) is 58.8 Å². The van der Waals surface area contributed by atoms with Crippen molar-refractivity contribution in [2.45, 2.75) is 58.8 Å². The highest BCUT2D eigenvalue weighted by molar-refractivity contribution is 5.77. The van der Waals surface area contributed by atoms with E-state index in [0.29, 0.717) is 12.2 Å². The molecule has 12 heavy (non-hydrogen) atoms. The van der Waals surface area contributed by atoms with Crippen molar-refractivity contribution in [3.8, 4) is 0 Å². The zero-order chi connectivity index (χ0) is 8.53. The Morgan fingerprint density at radius 3 is 2.08 bits per heavy atom. The Hall–Kier alpha value is -0.370. The Morgan fingerprint density at radius 1 is 1.00 bits per heavy atom. The maximum atomic E-state index is 10.8. The van der Waals surface area contributed by atoms with E-state index >= 15 is 0 Å². The van der Waals surface area contributed by atoms with Gasteiger partial charge in [-0.2, -0.15) is 0 Å². The largest absolute Gasteiger partial charge is 0.412 e. The number of hydrogen-bond acceptors (Lipinski definition) is 1. The summed E-state index contributed by atoms with van der Waals surface area (Å²) in [7, 11) is 0. The lowest BCUT2D eigenvalue weighted by Crippen LogP contribution is -1.93. The summed E-state index contributed by atoms with van der Waals surface area (Å²) in [6.45, 7) is 4.14. The molecule has 2 heteroatoms. The highest BCUT2D eigenvalue weighted by Gasteiger charge is 1.96. The molecule has 0 unspecified atom stereocenters. The van der Waals surface area contributed by atoms with E-state index in [1.807, 2.05) is 6.92 Å². The smallest absolute Gasteiger partial charge is 0.132 e. The molecule has 0 radical (unpaired) electrons. The van der Waals surface area contributed by atoms with Gasteiger partial charge in [-0.25, -0.2) is 0 Å². The number of carbonyl (C=O) groups excluding carboxylic acids is 1. The maximum Gasteiger partial charge on any atom is 0.132 e. The minimum absolute atomic E-state index is 0.